The van der Waals surface area contributed by atoms with Crippen LogP contribution in [0.1, 0.15) is 18.4 Å². The van der Waals surface area contributed by atoms with E-state index in [4.69, 9.17) is 4.74 Å². The Morgan fingerprint density at radius 3 is 2.60 bits per heavy atom. The van der Waals surface area contributed by atoms with Crippen molar-refractivity contribution < 1.29 is 9.53 Å². The number of hydrogen-bond acceptors (Lipinski definition) is 3. The van der Waals surface area contributed by atoms with Crippen molar-refractivity contribution in [3.63, 3.8) is 0 Å². The number of rotatable bonds is 5. The van der Waals surface area contributed by atoms with Gasteiger partial charge in [-0.2, -0.15) is 0 Å². The maximum absolute atomic E-state index is 12.2. The second-order valence-electron chi connectivity index (χ2n) is 6.36. The molecule has 0 saturated carbocycles. The number of hydrogen-bond donors (Lipinski definition) is 1. The Hall–Kier alpha value is -2.01. The average Bonchev–Trinajstić information content (AvgIpc) is 2.66. The summed E-state index contributed by atoms with van der Waals surface area (Å²) < 4.78 is 6.49. The minimum Gasteiger partial charge on any atom is -0.445 e. The number of nitrogens with zero attached hydrogens (tertiary/aromatic N) is 1. The normalized spacial score (nSPS) is 15.0. The van der Waals surface area contributed by atoms with Gasteiger partial charge in [-0.25, -0.2) is 4.79 Å². The number of piperidine rings is 1. The van der Waals surface area contributed by atoms with Crippen LogP contribution >= 0.6 is 15.9 Å². The molecule has 0 aliphatic carbocycles. The third-order valence-corrected chi connectivity index (χ3v) is 4.99. The minimum atomic E-state index is -0.206. The Bertz CT molecular complexity index is 685. The molecule has 1 aliphatic heterocycles. The van der Waals surface area contributed by atoms with Gasteiger partial charge < -0.3 is 15.0 Å². The molecule has 1 saturated heterocycles. The fourth-order valence-electron chi connectivity index (χ4n) is 2.99. The summed E-state index contributed by atoms with van der Waals surface area (Å²) in [5, 5.41) is 3.48. The van der Waals surface area contributed by atoms with Crippen LogP contribution in [0.4, 0.5) is 10.5 Å². The lowest BCUT2D eigenvalue weighted by molar-refractivity contribution is 0.0832. The number of nitrogens with one attached hydrogen (secondary N) is 1. The van der Waals surface area contributed by atoms with Crippen molar-refractivity contribution in [1.29, 1.82) is 0 Å². The molecule has 0 unspecified atom stereocenters. The van der Waals surface area contributed by atoms with Crippen LogP contribution in [0.5, 0.6) is 0 Å². The lowest BCUT2D eigenvalue weighted by atomic mass is 9.97. The van der Waals surface area contributed by atoms with Crippen LogP contribution in [0.2, 0.25) is 0 Å². The summed E-state index contributed by atoms with van der Waals surface area (Å²) in [6, 6.07) is 18.0. The summed E-state index contributed by atoms with van der Waals surface area (Å²) >= 11 is 3.49. The monoisotopic (exact) mass is 402 g/mol. The molecule has 1 amide bonds. The largest absolute Gasteiger partial charge is 0.445 e. The van der Waals surface area contributed by atoms with Gasteiger partial charge in [-0.05, 0) is 42.5 Å². The predicted octanol–water partition coefficient (Wildman–Crippen LogP) is 4.91. The molecule has 5 heteroatoms. The number of anilines is 1. The molecule has 0 radical (unpaired) electrons. The molecule has 0 aromatic heterocycles. The van der Waals surface area contributed by atoms with E-state index in [9.17, 15) is 4.79 Å². The van der Waals surface area contributed by atoms with E-state index in [2.05, 4.69) is 33.4 Å². The number of likely N-dealkylation sites (tertiary alicyclic amines) is 1. The molecule has 1 heterocycles. The first kappa shape index (κ1) is 17.8. The number of carbonyl (C=O) groups excluding carboxylic acids is 1. The van der Waals surface area contributed by atoms with Crippen LogP contribution in [-0.4, -0.2) is 30.6 Å². The fourth-order valence-corrected chi connectivity index (χ4v) is 3.39. The van der Waals surface area contributed by atoms with Gasteiger partial charge >= 0.3 is 6.09 Å². The first-order valence-electron chi connectivity index (χ1n) is 8.66. The maximum atomic E-state index is 12.2. The second kappa shape index (κ2) is 8.90. The lowest BCUT2D eigenvalue weighted by Gasteiger charge is -2.31. The molecule has 0 atom stereocenters. The van der Waals surface area contributed by atoms with Crippen molar-refractivity contribution in [2.45, 2.75) is 19.4 Å². The highest BCUT2D eigenvalue weighted by atomic mass is 79.9. The topological polar surface area (TPSA) is 41.6 Å². The molecule has 25 heavy (non-hydrogen) atoms. The third-order valence-electron chi connectivity index (χ3n) is 4.50. The molecule has 2 aromatic carbocycles. The van der Waals surface area contributed by atoms with E-state index in [0.717, 1.165) is 48.2 Å². The predicted molar refractivity (Wildman–Crippen MR) is 104 cm³/mol. The summed E-state index contributed by atoms with van der Waals surface area (Å²) in [4.78, 5) is 14.0. The Balaban J connectivity index is 1.38. The molecule has 1 aliphatic rings. The highest BCUT2D eigenvalue weighted by molar-refractivity contribution is 9.10. The highest BCUT2D eigenvalue weighted by Crippen LogP contribution is 2.21. The number of amides is 1. The second-order valence-corrected chi connectivity index (χ2v) is 7.28. The van der Waals surface area contributed by atoms with Gasteiger partial charge in [0.2, 0.25) is 0 Å². The smallest absolute Gasteiger partial charge is 0.410 e. The van der Waals surface area contributed by atoms with Gasteiger partial charge in [-0.3, -0.25) is 0 Å². The van der Waals surface area contributed by atoms with Crippen LogP contribution in [-0.2, 0) is 11.3 Å². The number of halogens is 1. The summed E-state index contributed by atoms with van der Waals surface area (Å²) in [7, 11) is 0. The van der Waals surface area contributed by atoms with Crippen molar-refractivity contribution >= 4 is 27.7 Å². The van der Waals surface area contributed by atoms with Crippen LogP contribution in [0.25, 0.3) is 0 Å². The highest BCUT2D eigenvalue weighted by Gasteiger charge is 2.23. The van der Waals surface area contributed by atoms with Crippen LogP contribution in [0.3, 0.4) is 0 Å². The van der Waals surface area contributed by atoms with Gasteiger partial charge in [0.05, 0.1) is 0 Å². The zero-order chi connectivity index (χ0) is 17.5. The minimum absolute atomic E-state index is 0.206. The van der Waals surface area contributed by atoms with Crippen molar-refractivity contribution in [3.05, 3.63) is 64.6 Å². The van der Waals surface area contributed by atoms with Gasteiger partial charge in [0.15, 0.2) is 0 Å². The fraction of sp³-hybridized carbons (Fsp3) is 0.350. The molecule has 0 bridgehead atoms. The van der Waals surface area contributed by atoms with Gasteiger partial charge in [0, 0.05) is 29.8 Å². The number of carbonyl (C=O) groups is 1. The Morgan fingerprint density at radius 1 is 1.12 bits per heavy atom. The van der Waals surface area contributed by atoms with E-state index in [1.807, 2.05) is 47.4 Å². The first-order valence-corrected chi connectivity index (χ1v) is 9.45. The van der Waals surface area contributed by atoms with E-state index in [1.165, 1.54) is 0 Å². The van der Waals surface area contributed by atoms with E-state index < -0.39 is 0 Å². The molecule has 3 rings (SSSR count). The van der Waals surface area contributed by atoms with Gasteiger partial charge in [0.1, 0.15) is 6.61 Å². The molecule has 1 fully saturated rings. The first-order chi connectivity index (χ1) is 12.2. The summed E-state index contributed by atoms with van der Waals surface area (Å²) in [5.74, 6) is 0.581. The van der Waals surface area contributed by atoms with Gasteiger partial charge in [-0.15, -0.1) is 0 Å². The van der Waals surface area contributed by atoms with Crippen LogP contribution < -0.4 is 5.32 Å². The van der Waals surface area contributed by atoms with Gasteiger partial charge in [-0.1, -0.05) is 52.3 Å². The molecule has 4 nitrogen and oxygen atoms in total. The summed E-state index contributed by atoms with van der Waals surface area (Å²) in [5.41, 5.74) is 2.14. The number of ether oxygens (including phenoxy) is 1. The molecular formula is C20H23BrN2O2. The van der Waals surface area contributed by atoms with Crippen LogP contribution in [0.15, 0.2) is 59.1 Å². The zero-order valence-electron chi connectivity index (χ0n) is 14.2. The Morgan fingerprint density at radius 2 is 1.88 bits per heavy atom. The van der Waals surface area contributed by atoms with Crippen molar-refractivity contribution in [2.75, 3.05) is 25.0 Å². The van der Waals surface area contributed by atoms with Crippen molar-refractivity contribution in [1.82, 2.24) is 4.90 Å². The zero-order valence-corrected chi connectivity index (χ0v) is 15.7. The molecule has 2 aromatic rings. The number of benzene rings is 2. The van der Waals surface area contributed by atoms with Crippen molar-refractivity contribution in [3.8, 4) is 0 Å². The van der Waals surface area contributed by atoms with E-state index in [-0.39, 0.29) is 6.09 Å². The molecule has 1 N–H and O–H groups in total. The third kappa shape index (κ3) is 5.49. The Labute approximate surface area is 157 Å². The maximum Gasteiger partial charge on any atom is 0.410 e. The van der Waals surface area contributed by atoms with E-state index >= 15 is 0 Å². The quantitative estimate of drug-likeness (QED) is 0.772. The van der Waals surface area contributed by atoms with E-state index in [0.29, 0.717) is 12.5 Å². The summed E-state index contributed by atoms with van der Waals surface area (Å²) in [6.45, 7) is 2.80. The molecule has 132 valence electrons. The molecule has 0 spiro atoms. The standard InChI is InChI=1S/C20H23BrN2O2/c21-18-7-4-8-19(13-18)22-14-16-9-11-23(12-10-16)20(24)25-15-17-5-2-1-3-6-17/h1-8,13,16,22H,9-12,14-15H2. The average molecular weight is 403 g/mol. The Kier molecular flexibility index (Phi) is 6.34. The van der Waals surface area contributed by atoms with Crippen LogP contribution in [0, 0.1) is 5.92 Å². The molecular weight excluding hydrogens is 380 g/mol. The van der Waals surface area contributed by atoms with Gasteiger partial charge in [0.25, 0.3) is 0 Å². The summed E-state index contributed by atoms with van der Waals surface area (Å²) in [6.07, 6.45) is 1.80. The van der Waals surface area contributed by atoms with Crippen molar-refractivity contribution in [2.24, 2.45) is 5.92 Å². The SMILES string of the molecule is O=C(OCc1ccccc1)N1CCC(CNc2cccc(Br)c2)CC1. The van der Waals surface area contributed by atoms with E-state index in [1.54, 1.807) is 0 Å². The lowest BCUT2D eigenvalue weighted by Crippen LogP contribution is -2.40.